The maximum Gasteiger partial charge on any atom is 0.120 e. The Morgan fingerprint density at radius 2 is 2.06 bits per heavy atom. The zero-order chi connectivity index (χ0) is 12.7. The standard InChI is InChI=1S/C13H20BrNO2/c1-3-6-16-7-8-17-11-4-5-12(10(2)15)13(14)9-11/h4-5,9-10H,3,6-8,15H2,1-2H3/t10-/m0/s1. The SMILES string of the molecule is CCCOCCOc1ccc([C@H](C)N)c(Br)c1. The van der Waals surface area contributed by atoms with Gasteiger partial charge in [0.25, 0.3) is 0 Å². The lowest BCUT2D eigenvalue weighted by Crippen LogP contribution is -2.08. The maximum atomic E-state index is 5.83. The highest BCUT2D eigenvalue weighted by Gasteiger charge is 2.05. The molecule has 0 bridgehead atoms. The summed E-state index contributed by atoms with van der Waals surface area (Å²) in [4.78, 5) is 0. The summed E-state index contributed by atoms with van der Waals surface area (Å²) < 4.78 is 11.9. The molecule has 1 aromatic rings. The summed E-state index contributed by atoms with van der Waals surface area (Å²) in [6, 6.07) is 5.88. The molecule has 1 rings (SSSR count). The van der Waals surface area contributed by atoms with Gasteiger partial charge in [0.05, 0.1) is 6.61 Å². The van der Waals surface area contributed by atoms with Gasteiger partial charge < -0.3 is 15.2 Å². The van der Waals surface area contributed by atoms with Crippen molar-refractivity contribution in [3.63, 3.8) is 0 Å². The van der Waals surface area contributed by atoms with Crippen molar-refractivity contribution in [3.05, 3.63) is 28.2 Å². The molecule has 0 radical (unpaired) electrons. The Hall–Kier alpha value is -0.580. The predicted octanol–water partition coefficient (Wildman–Crippen LogP) is 3.27. The summed E-state index contributed by atoms with van der Waals surface area (Å²) in [5.74, 6) is 0.835. The van der Waals surface area contributed by atoms with E-state index in [-0.39, 0.29) is 6.04 Å². The lowest BCUT2D eigenvalue weighted by atomic mass is 10.1. The molecule has 2 N–H and O–H groups in total. The van der Waals surface area contributed by atoms with Crippen molar-refractivity contribution in [2.24, 2.45) is 5.73 Å². The van der Waals surface area contributed by atoms with Crippen LogP contribution in [0.25, 0.3) is 0 Å². The second kappa shape index (κ2) is 7.69. The first-order valence-electron chi connectivity index (χ1n) is 5.90. The third-order valence-electron chi connectivity index (χ3n) is 2.31. The van der Waals surface area contributed by atoms with Gasteiger partial charge in [0.15, 0.2) is 0 Å². The first kappa shape index (κ1) is 14.5. The Morgan fingerprint density at radius 1 is 1.29 bits per heavy atom. The Kier molecular flexibility index (Phi) is 6.55. The summed E-state index contributed by atoms with van der Waals surface area (Å²) in [6.07, 6.45) is 1.04. The first-order valence-corrected chi connectivity index (χ1v) is 6.70. The number of benzene rings is 1. The van der Waals surface area contributed by atoms with Gasteiger partial charge in [-0.05, 0) is 31.0 Å². The van der Waals surface area contributed by atoms with Crippen LogP contribution in [0, 0.1) is 0 Å². The molecule has 0 aromatic heterocycles. The van der Waals surface area contributed by atoms with Crippen molar-refractivity contribution in [3.8, 4) is 5.75 Å². The summed E-state index contributed by atoms with van der Waals surface area (Å²) in [5, 5.41) is 0. The third kappa shape index (κ3) is 5.06. The predicted molar refractivity (Wildman–Crippen MR) is 73.3 cm³/mol. The molecular formula is C13H20BrNO2. The Labute approximate surface area is 111 Å². The van der Waals surface area contributed by atoms with Crippen LogP contribution < -0.4 is 10.5 Å². The average Bonchev–Trinajstić information content (AvgIpc) is 2.28. The van der Waals surface area contributed by atoms with Crippen molar-refractivity contribution in [2.45, 2.75) is 26.3 Å². The molecule has 0 unspecified atom stereocenters. The van der Waals surface area contributed by atoms with E-state index in [0.717, 1.165) is 28.8 Å². The molecule has 0 spiro atoms. The van der Waals surface area contributed by atoms with E-state index in [1.54, 1.807) is 0 Å². The van der Waals surface area contributed by atoms with Crippen molar-refractivity contribution >= 4 is 15.9 Å². The maximum absolute atomic E-state index is 5.83. The largest absolute Gasteiger partial charge is 0.491 e. The van der Waals surface area contributed by atoms with Crippen LogP contribution in [0.1, 0.15) is 31.9 Å². The number of halogens is 1. The van der Waals surface area contributed by atoms with Crippen LogP contribution in [0.4, 0.5) is 0 Å². The van der Waals surface area contributed by atoms with Crippen molar-refractivity contribution in [1.29, 1.82) is 0 Å². The number of ether oxygens (including phenoxy) is 2. The topological polar surface area (TPSA) is 44.5 Å². The monoisotopic (exact) mass is 301 g/mol. The van der Waals surface area contributed by atoms with Gasteiger partial charge in [0.2, 0.25) is 0 Å². The summed E-state index contributed by atoms with van der Waals surface area (Å²) in [5.41, 5.74) is 6.91. The van der Waals surface area contributed by atoms with Gasteiger partial charge in [0, 0.05) is 17.1 Å². The van der Waals surface area contributed by atoms with E-state index < -0.39 is 0 Å². The van der Waals surface area contributed by atoms with Crippen LogP contribution in [-0.2, 0) is 4.74 Å². The Balaban J connectivity index is 2.42. The molecule has 0 fully saturated rings. The highest BCUT2D eigenvalue weighted by atomic mass is 79.9. The molecule has 96 valence electrons. The molecule has 4 heteroatoms. The molecular weight excluding hydrogens is 282 g/mol. The van der Waals surface area contributed by atoms with E-state index in [9.17, 15) is 0 Å². The van der Waals surface area contributed by atoms with Gasteiger partial charge in [-0.2, -0.15) is 0 Å². The average molecular weight is 302 g/mol. The lowest BCUT2D eigenvalue weighted by molar-refractivity contribution is 0.101. The molecule has 0 heterocycles. The van der Waals surface area contributed by atoms with E-state index in [0.29, 0.717) is 13.2 Å². The Morgan fingerprint density at radius 3 is 2.65 bits per heavy atom. The molecule has 0 aliphatic heterocycles. The quantitative estimate of drug-likeness (QED) is 0.786. The zero-order valence-electron chi connectivity index (χ0n) is 10.4. The van der Waals surface area contributed by atoms with Gasteiger partial charge in [-0.15, -0.1) is 0 Å². The summed E-state index contributed by atoms with van der Waals surface area (Å²) >= 11 is 3.49. The normalized spacial score (nSPS) is 12.5. The van der Waals surface area contributed by atoms with Crippen LogP contribution in [0.3, 0.4) is 0 Å². The highest BCUT2D eigenvalue weighted by molar-refractivity contribution is 9.10. The zero-order valence-corrected chi connectivity index (χ0v) is 12.0. The van der Waals surface area contributed by atoms with Gasteiger partial charge in [0.1, 0.15) is 12.4 Å². The van der Waals surface area contributed by atoms with Crippen molar-refractivity contribution in [2.75, 3.05) is 19.8 Å². The van der Waals surface area contributed by atoms with Crippen LogP contribution in [0.2, 0.25) is 0 Å². The second-order valence-electron chi connectivity index (χ2n) is 3.93. The second-order valence-corrected chi connectivity index (χ2v) is 4.79. The molecule has 0 aliphatic rings. The van der Waals surface area contributed by atoms with Gasteiger partial charge in [-0.3, -0.25) is 0 Å². The minimum atomic E-state index is 0.0197. The Bertz CT molecular complexity index is 342. The highest BCUT2D eigenvalue weighted by Crippen LogP contribution is 2.26. The van der Waals surface area contributed by atoms with Crippen molar-refractivity contribution in [1.82, 2.24) is 0 Å². The smallest absolute Gasteiger partial charge is 0.120 e. The molecule has 0 saturated carbocycles. The van der Waals surface area contributed by atoms with E-state index in [2.05, 4.69) is 22.9 Å². The lowest BCUT2D eigenvalue weighted by Gasteiger charge is -2.11. The molecule has 3 nitrogen and oxygen atoms in total. The fourth-order valence-electron chi connectivity index (χ4n) is 1.43. The van der Waals surface area contributed by atoms with Gasteiger partial charge >= 0.3 is 0 Å². The molecule has 0 saturated heterocycles. The minimum absolute atomic E-state index is 0.0197. The molecule has 0 aliphatic carbocycles. The molecule has 17 heavy (non-hydrogen) atoms. The van der Waals surface area contributed by atoms with Crippen LogP contribution in [-0.4, -0.2) is 19.8 Å². The number of hydrogen-bond donors (Lipinski definition) is 1. The summed E-state index contributed by atoms with van der Waals surface area (Å²) in [7, 11) is 0. The third-order valence-corrected chi connectivity index (χ3v) is 2.99. The van der Waals surface area contributed by atoms with Crippen LogP contribution in [0.5, 0.6) is 5.75 Å². The molecule has 1 atom stereocenters. The molecule has 1 aromatic carbocycles. The van der Waals surface area contributed by atoms with Crippen LogP contribution in [0.15, 0.2) is 22.7 Å². The number of hydrogen-bond acceptors (Lipinski definition) is 3. The summed E-state index contributed by atoms with van der Waals surface area (Å²) in [6.45, 7) is 6.03. The van der Waals surface area contributed by atoms with E-state index in [4.69, 9.17) is 15.2 Å². The number of nitrogens with two attached hydrogens (primary N) is 1. The van der Waals surface area contributed by atoms with Crippen molar-refractivity contribution < 1.29 is 9.47 Å². The minimum Gasteiger partial charge on any atom is -0.491 e. The number of rotatable bonds is 7. The van der Waals surface area contributed by atoms with E-state index >= 15 is 0 Å². The molecule has 0 amide bonds. The fourth-order valence-corrected chi connectivity index (χ4v) is 2.15. The first-order chi connectivity index (χ1) is 8.15. The van der Waals surface area contributed by atoms with E-state index in [1.165, 1.54) is 0 Å². The fraction of sp³-hybridized carbons (Fsp3) is 0.538. The van der Waals surface area contributed by atoms with E-state index in [1.807, 2.05) is 25.1 Å². The van der Waals surface area contributed by atoms with Crippen LogP contribution >= 0.6 is 15.9 Å². The van der Waals surface area contributed by atoms with Gasteiger partial charge in [-0.25, -0.2) is 0 Å². The van der Waals surface area contributed by atoms with Gasteiger partial charge in [-0.1, -0.05) is 28.9 Å².